The van der Waals surface area contributed by atoms with Gasteiger partial charge in [0.15, 0.2) is 5.13 Å². The molecule has 1 N–H and O–H groups in total. The summed E-state index contributed by atoms with van der Waals surface area (Å²) < 4.78 is 47.1. The van der Waals surface area contributed by atoms with E-state index in [4.69, 9.17) is 4.74 Å². The van der Waals surface area contributed by atoms with E-state index in [1.54, 1.807) is 6.07 Å². The summed E-state index contributed by atoms with van der Waals surface area (Å²) in [4.78, 5) is 3.68. The quantitative estimate of drug-likeness (QED) is 0.393. The van der Waals surface area contributed by atoms with Crippen molar-refractivity contribution in [2.75, 3.05) is 4.72 Å². The van der Waals surface area contributed by atoms with E-state index >= 15 is 0 Å². The van der Waals surface area contributed by atoms with Crippen molar-refractivity contribution in [3.05, 3.63) is 89.2 Å². The van der Waals surface area contributed by atoms with Gasteiger partial charge in [0.1, 0.15) is 17.6 Å². The Morgan fingerprint density at radius 2 is 1.75 bits per heavy atom. The van der Waals surface area contributed by atoms with Gasteiger partial charge in [-0.3, -0.25) is 4.72 Å². The van der Waals surface area contributed by atoms with Crippen molar-refractivity contribution in [2.24, 2.45) is 0 Å². The number of nitrogens with one attached hydrogen (secondary N) is 1. The number of aryl methyl sites for hydroxylation is 1. The fourth-order valence-corrected chi connectivity index (χ4v) is 4.93. The van der Waals surface area contributed by atoms with E-state index in [9.17, 15) is 18.1 Å². The van der Waals surface area contributed by atoms with Gasteiger partial charge in [-0.05, 0) is 36.8 Å². The smallest absolute Gasteiger partial charge is 0.263 e. The van der Waals surface area contributed by atoms with Crippen LogP contribution in [0.3, 0.4) is 0 Å². The molecule has 6 nitrogen and oxygen atoms in total. The lowest BCUT2D eigenvalue weighted by Crippen LogP contribution is -2.13. The Morgan fingerprint density at radius 1 is 1.03 bits per heavy atom. The van der Waals surface area contributed by atoms with Crippen molar-refractivity contribution >= 4 is 26.5 Å². The molecular formula is C23H16FN3O3S2. The molecule has 1 aromatic heterocycles. The second-order valence-corrected chi connectivity index (χ2v) is 9.35. The van der Waals surface area contributed by atoms with Crippen LogP contribution in [-0.2, 0) is 10.0 Å². The zero-order valence-corrected chi connectivity index (χ0v) is 18.4. The minimum atomic E-state index is -4.07. The minimum Gasteiger partial charge on any atom is -0.455 e. The summed E-state index contributed by atoms with van der Waals surface area (Å²) in [5, 5.41) is 8.94. The number of halogens is 1. The third-order valence-corrected chi connectivity index (χ3v) is 6.86. The monoisotopic (exact) mass is 465 g/mol. The van der Waals surface area contributed by atoms with E-state index in [2.05, 4.69) is 9.71 Å². The molecule has 0 aliphatic rings. The van der Waals surface area contributed by atoms with E-state index in [1.165, 1.54) is 25.1 Å². The average molecular weight is 466 g/mol. The number of benzene rings is 3. The first-order chi connectivity index (χ1) is 15.4. The van der Waals surface area contributed by atoms with E-state index in [0.29, 0.717) is 17.1 Å². The number of thiazole rings is 1. The Kier molecular flexibility index (Phi) is 5.90. The van der Waals surface area contributed by atoms with Gasteiger partial charge in [-0.2, -0.15) is 9.65 Å². The van der Waals surface area contributed by atoms with Crippen LogP contribution in [0.5, 0.6) is 11.5 Å². The second-order valence-electron chi connectivity index (χ2n) is 6.72. The summed E-state index contributed by atoms with van der Waals surface area (Å²) in [6, 6.07) is 22.9. The molecule has 160 valence electrons. The molecule has 4 rings (SSSR count). The van der Waals surface area contributed by atoms with E-state index in [1.807, 2.05) is 54.6 Å². The zero-order chi connectivity index (χ0) is 22.7. The number of nitriles is 1. The lowest BCUT2D eigenvalue weighted by molar-refractivity contribution is 0.482. The highest BCUT2D eigenvalue weighted by atomic mass is 32.2. The lowest BCUT2D eigenvalue weighted by Gasteiger charge is -2.13. The van der Waals surface area contributed by atoms with Gasteiger partial charge >= 0.3 is 0 Å². The maximum atomic E-state index is 13.5. The van der Waals surface area contributed by atoms with Gasteiger partial charge in [0.05, 0.1) is 16.2 Å². The summed E-state index contributed by atoms with van der Waals surface area (Å²) in [5.41, 5.74) is 1.91. The van der Waals surface area contributed by atoms with E-state index in [0.717, 1.165) is 11.1 Å². The van der Waals surface area contributed by atoms with Crippen LogP contribution in [0.15, 0.2) is 77.7 Å². The molecule has 0 fully saturated rings. The van der Waals surface area contributed by atoms with Crippen molar-refractivity contribution in [3.63, 3.8) is 0 Å². The summed E-state index contributed by atoms with van der Waals surface area (Å²) in [6.07, 6.45) is 0. The van der Waals surface area contributed by atoms with Crippen molar-refractivity contribution < 1.29 is 17.5 Å². The number of para-hydroxylation sites is 1. The van der Waals surface area contributed by atoms with Crippen molar-refractivity contribution in [1.29, 1.82) is 5.26 Å². The van der Waals surface area contributed by atoms with Crippen LogP contribution in [0.1, 0.15) is 11.3 Å². The summed E-state index contributed by atoms with van der Waals surface area (Å²) in [6.45, 7) is 1.44. The molecule has 0 bridgehead atoms. The molecule has 3 aromatic carbocycles. The number of hydrogen-bond acceptors (Lipinski definition) is 6. The van der Waals surface area contributed by atoms with Crippen LogP contribution in [0.2, 0.25) is 0 Å². The highest BCUT2D eigenvalue weighted by Crippen LogP contribution is 2.35. The van der Waals surface area contributed by atoms with Gasteiger partial charge in [0, 0.05) is 5.56 Å². The molecule has 0 amide bonds. The maximum absolute atomic E-state index is 13.5. The van der Waals surface area contributed by atoms with Crippen LogP contribution < -0.4 is 9.46 Å². The van der Waals surface area contributed by atoms with Gasteiger partial charge in [-0.25, -0.2) is 13.4 Å². The summed E-state index contributed by atoms with van der Waals surface area (Å²) >= 11 is 0.593. The summed E-state index contributed by atoms with van der Waals surface area (Å²) in [7, 11) is -4.07. The van der Waals surface area contributed by atoms with E-state index < -0.39 is 15.2 Å². The molecule has 0 saturated heterocycles. The first-order valence-electron chi connectivity index (χ1n) is 9.39. The van der Waals surface area contributed by atoms with Crippen LogP contribution in [0.4, 0.5) is 9.52 Å². The number of rotatable bonds is 6. The van der Waals surface area contributed by atoms with Crippen LogP contribution in [0.25, 0.3) is 11.1 Å². The fourth-order valence-electron chi connectivity index (χ4n) is 2.98. The van der Waals surface area contributed by atoms with Crippen molar-refractivity contribution in [2.45, 2.75) is 11.8 Å². The molecule has 0 aliphatic heterocycles. The Bertz CT molecular complexity index is 1410. The highest BCUT2D eigenvalue weighted by Gasteiger charge is 2.20. The van der Waals surface area contributed by atoms with Gasteiger partial charge in [-0.1, -0.05) is 59.9 Å². The van der Waals surface area contributed by atoms with Crippen LogP contribution >= 0.6 is 11.3 Å². The number of hydrogen-bond donors (Lipinski definition) is 1. The predicted molar refractivity (Wildman–Crippen MR) is 121 cm³/mol. The molecule has 9 heteroatoms. The predicted octanol–water partition coefficient (Wildman–Crippen LogP) is 5.72. The van der Waals surface area contributed by atoms with Gasteiger partial charge in [0.25, 0.3) is 10.0 Å². The molecular weight excluding hydrogens is 449 g/mol. The van der Waals surface area contributed by atoms with Gasteiger partial charge in [-0.15, -0.1) is 0 Å². The largest absolute Gasteiger partial charge is 0.455 e. The third kappa shape index (κ3) is 4.46. The minimum absolute atomic E-state index is 0.0391. The Balaban J connectivity index is 1.65. The number of nitrogens with zero attached hydrogens (tertiary/aromatic N) is 2. The Morgan fingerprint density at radius 3 is 2.44 bits per heavy atom. The van der Waals surface area contributed by atoms with Crippen molar-refractivity contribution in [1.82, 2.24) is 4.98 Å². The first-order valence-corrected chi connectivity index (χ1v) is 11.7. The molecule has 0 saturated carbocycles. The number of sulfonamides is 1. The molecule has 4 aromatic rings. The highest BCUT2D eigenvalue weighted by molar-refractivity contribution is 7.93. The van der Waals surface area contributed by atoms with Gasteiger partial charge < -0.3 is 4.74 Å². The van der Waals surface area contributed by atoms with Crippen LogP contribution in [0, 0.1) is 23.4 Å². The summed E-state index contributed by atoms with van der Waals surface area (Å²) in [5.74, 6) is 0.739. The van der Waals surface area contributed by atoms with Crippen LogP contribution in [-0.4, -0.2) is 13.4 Å². The average Bonchev–Trinajstić information content (AvgIpc) is 3.10. The van der Waals surface area contributed by atoms with Gasteiger partial charge in [0.2, 0.25) is 5.13 Å². The molecule has 0 radical (unpaired) electrons. The topological polar surface area (TPSA) is 92.1 Å². The lowest BCUT2D eigenvalue weighted by atomic mass is 10.0. The standard InChI is InChI=1S/C23H16FN3O3S2/c1-15-22(24)31-23(26-15)27-32(28,29)18-11-12-20(17(13-18)14-25)30-21-10-6-5-9-19(21)16-7-3-2-4-8-16/h2-13H,1H3,(H,26,27). The molecule has 0 atom stereocenters. The third-order valence-electron chi connectivity index (χ3n) is 4.54. The SMILES string of the molecule is Cc1nc(NS(=O)(=O)c2ccc(Oc3ccccc3-c3ccccc3)c(C#N)c2)sc1F. The van der Waals surface area contributed by atoms with E-state index in [-0.39, 0.29) is 27.0 Å². The number of aromatic nitrogens is 1. The molecule has 0 unspecified atom stereocenters. The first kappa shape index (κ1) is 21.5. The normalized spacial score (nSPS) is 11.0. The fraction of sp³-hybridized carbons (Fsp3) is 0.0435. The molecule has 1 heterocycles. The second kappa shape index (κ2) is 8.78. The van der Waals surface area contributed by atoms with Crippen molar-refractivity contribution in [3.8, 4) is 28.7 Å². The number of anilines is 1. The molecule has 0 spiro atoms. The Labute approximate surface area is 188 Å². The Hall–Kier alpha value is -3.74. The molecule has 32 heavy (non-hydrogen) atoms. The number of ether oxygens (including phenoxy) is 1. The molecule has 0 aliphatic carbocycles. The maximum Gasteiger partial charge on any atom is 0.263 e. The zero-order valence-electron chi connectivity index (χ0n) is 16.7.